The van der Waals surface area contributed by atoms with E-state index in [9.17, 15) is 13.2 Å². The summed E-state index contributed by atoms with van der Waals surface area (Å²) >= 11 is 11.7. The third-order valence-corrected chi connectivity index (χ3v) is 6.27. The van der Waals surface area contributed by atoms with E-state index in [4.69, 9.17) is 23.2 Å². The molecule has 1 saturated heterocycles. The van der Waals surface area contributed by atoms with Crippen LogP contribution in [0.5, 0.6) is 0 Å². The first kappa shape index (κ1) is 16.5. The highest BCUT2D eigenvalue weighted by Crippen LogP contribution is 2.30. The Hall–Kier alpha value is -0.910. The molecule has 0 bridgehead atoms. The topological polar surface area (TPSA) is 66.8 Å². The maximum Gasteiger partial charge on any atom is 0.243 e. The molecule has 0 radical (unpaired) electrons. The summed E-state index contributed by atoms with van der Waals surface area (Å²) < 4.78 is 26.7. The van der Waals surface area contributed by atoms with Gasteiger partial charge in [-0.25, -0.2) is 18.2 Å². The highest BCUT2D eigenvalue weighted by molar-refractivity contribution is 7.89. The third-order valence-electron chi connectivity index (χ3n) is 3.52. The zero-order valence-electron chi connectivity index (χ0n) is 11.3. The summed E-state index contributed by atoms with van der Waals surface area (Å²) in [5, 5.41) is 0.508. The Bertz CT molecular complexity index is 687. The Balaban J connectivity index is 2.27. The van der Waals surface area contributed by atoms with Crippen molar-refractivity contribution in [3.63, 3.8) is 0 Å². The van der Waals surface area contributed by atoms with Gasteiger partial charge in [-0.15, -0.1) is 0 Å². The summed E-state index contributed by atoms with van der Waals surface area (Å²) in [6.07, 6.45) is 2.53. The molecule has 114 valence electrons. The molecule has 2 rings (SSSR count). The van der Waals surface area contributed by atoms with Crippen molar-refractivity contribution in [2.24, 2.45) is 4.99 Å². The lowest BCUT2D eigenvalue weighted by Crippen LogP contribution is -2.45. The summed E-state index contributed by atoms with van der Waals surface area (Å²) in [6.45, 7) is 2.10. The minimum absolute atomic E-state index is 0.112. The fourth-order valence-corrected chi connectivity index (χ4v) is 4.49. The molecule has 0 N–H and O–H groups in total. The molecule has 1 fully saturated rings. The number of hydrogen-bond donors (Lipinski definition) is 0. The molecule has 21 heavy (non-hydrogen) atoms. The Morgan fingerprint density at radius 2 is 2.05 bits per heavy atom. The van der Waals surface area contributed by atoms with Crippen molar-refractivity contribution in [3.05, 3.63) is 28.2 Å². The molecular weight excluding hydrogens is 335 g/mol. The van der Waals surface area contributed by atoms with E-state index in [-0.39, 0.29) is 22.0 Å². The lowest BCUT2D eigenvalue weighted by molar-refractivity contribution is 0.248. The molecule has 2 unspecified atom stereocenters. The Morgan fingerprint density at radius 3 is 2.62 bits per heavy atom. The van der Waals surface area contributed by atoms with Crippen molar-refractivity contribution >= 4 is 39.3 Å². The molecule has 1 aliphatic heterocycles. The standard InChI is InChI=1S/C13H14Cl2N2O3S/c1-9-6-10(16-8-18)4-5-17(9)21(19,20)11-2-3-12(14)13(15)7-11/h2-3,7,9-10H,4-6H2,1H3. The van der Waals surface area contributed by atoms with Gasteiger partial charge in [-0.05, 0) is 38.0 Å². The second kappa shape index (κ2) is 6.46. The largest absolute Gasteiger partial charge is 0.243 e. The van der Waals surface area contributed by atoms with Gasteiger partial charge in [-0.3, -0.25) is 0 Å². The SMILES string of the molecule is CC1CC(N=C=O)CCN1S(=O)(=O)c1ccc(Cl)c(Cl)c1. The van der Waals surface area contributed by atoms with E-state index in [1.165, 1.54) is 28.6 Å². The summed E-state index contributed by atoms with van der Waals surface area (Å²) in [6, 6.07) is 3.83. The van der Waals surface area contributed by atoms with Crippen LogP contribution in [0, 0.1) is 0 Å². The van der Waals surface area contributed by atoms with Gasteiger partial charge < -0.3 is 0 Å². The molecule has 5 nitrogen and oxygen atoms in total. The number of rotatable bonds is 3. The maximum absolute atomic E-state index is 12.6. The minimum Gasteiger partial charge on any atom is -0.211 e. The summed E-state index contributed by atoms with van der Waals surface area (Å²) in [5.74, 6) is 0. The van der Waals surface area contributed by atoms with Gasteiger partial charge in [0.15, 0.2) is 0 Å². The Kier molecular flexibility index (Phi) is 5.07. The van der Waals surface area contributed by atoms with Crippen LogP contribution in [0.3, 0.4) is 0 Å². The number of nitrogens with zero attached hydrogens (tertiary/aromatic N) is 2. The van der Waals surface area contributed by atoms with Crippen molar-refractivity contribution < 1.29 is 13.2 Å². The normalized spacial score (nSPS) is 23.6. The molecule has 0 aliphatic carbocycles. The zero-order valence-corrected chi connectivity index (χ0v) is 13.6. The van der Waals surface area contributed by atoms with Crippen molar-refractivity contribution in [2.45, 2.75) is 36.7 Å². The Morgan fingerprint density at radius 1 is 1.33 bits per heavy atom. The van der Waals surface area contributed by atoms with E-state index in [1.54, 1.807) is 6.92 Å². The van der Waals surface area contributed by atoms with Crippen LogP contribution in [0.4, 0.5) is 0 Å². The Labute approximate surface area is 133 Å². The highest BCUT2D eigenvalue weighted by Gasteiger charge is 2.34. The van der Waals surface area contributed by atoms with Crippen LogP contribution in [-0.4, -0.2) is 37.4 Å². The van der Waals surface area contributed by atoms with Crippen LogP contribution in [0.1, 0.15) is 19.8 Å². The fourth-order valence-electron chi connectivity index (χ4n) is 2.45. The summed E-state index contributed by atoms with van der Waals surface area (Å²) in [5.41, 5.74) is 0. The van der Waals surface area contributed by atoms with Crippen LogP contribution in [0.15, 0.2) is 28.1 Å². The van der Waals surface area contributed by atoms with Gasteiger partial charge in [0, 0.05) is 12.6 Å². The van der Waals surface area contributed by atoms with Crippen LogP contribution < -0.4 is 0 Å². The van der Waals surface area contributed by atoms with E-state index < -0.39 is 10.0 Å². The molecule has 1 aliphatic rings. The van der Waals surface area contributed by atoms with Crippen LogP contribution in [0.2, 0.25) is 10.0 Å². The van der Waals surface area contributed by atoms with Gasteiger partial charge >= 0.3 is 0 Å². The molecular formula is C13H14Cl2N2O3S. The molecule has 0 saturated carbocycles. The quantitative estimate of drug-likeness (QED) is 0.623. The molecule has 2 atom stereocenters. The van der Waals surface area contributed by atoms with E-state index in [0.717, 1.165) is 0 Å². The number of isocyanates is 1. The van der Waals surface area contributed by atoms with Crippen LogP contribution in [0.25, 0.3) is 0 Å². The van der Waals surface area contributed by atoms with Crippen LogP contribution in [-0.2, 0) is 14.8 Å². The molecule has 1 heterocycles. The molecule has 1 aromatic carbocycles. The second-order valence-corrected chi connectivity index (χ2v) is 7.64. The number of benzene rings is 1. The van der Waals surface area contributed by atoms with Gasteiger partial charge in [-0.1, -0.05) is 23.2 Å². The first-order valence-corrected chi connectivity index (χ1v) is 8.59. The first-order chi connectivity index (χ1) is 9.86. The number of halogens is 2. The zero-order chi connectivity index (χ0) is 15.6. The van der Waals surface area contributed by atoms with Gasteiger partial charge in [0.2, 0.25) is 16.1 Å². The predicted octanol–water partition coefficient (Wildman–Crippen LogP) is 2.87. The first-order valence-electron chi connectivity index (χ1n) is 6.40. The van der Waals surface area contributed by atoms with Gasteiger partial charge in [0.1, 0.15) is 0 Å². The monoisotopic (exact) mass is 348 g/mol. The van der Waals surface area contributed by atoms with Crippen molar-refractivity contribution in [3.8, 4) is 0 Å². The molecule has 1 aromatic rings. The van der Waals surface area contributed by atoms with E-state index >= 15 is 0 Å². The average Bonchev–Trinajstić information content (AvgIpc) is 2.42. The van der Waals surface area contributed by atoms with E-state index in [0.29, 0.717) is 24.4 Å². The summed E-state index contributed by atoms with van der Waals surface area (Å²) in [7, 11) is -3.64. The highest BCUT2D eigenvalue weighted by atomic mass is 35.5. The number of hydrogen-bond acceptors (Lipinski definition) is 4. The minimum atomic E-state index is -3.64. The third kappa shape index (κ3) is 3.47. The number of piperidine rings is 1. The van der Waals surface area contributed by atoms with Crippen LogP contribution >= 0.6 is 23.2 Å². The molecule has 0 amide bonds. The summed E-state index contributed by atoms with van der Waals surface area (Å²) in [4.78, 5) is 14.1. The average molecular weight is 349 g/mol. The van der Waals surface area contributed by atoms with Gasteiger partial charge in [0.25, 0.3) is 0 Å². The van der Waals surface area contributed by atoms with E-state index in [2.05, 4.69) is 4.99 Å². The molecule has 0 spiro atoms. The number of sulfonamides is 1. The van der Waals surface area contributed by atoms with Gasteiger partial charge in [0.05, 0.1) is 21.0 Å². The second-order valence-electron chi connectivity index (χ2n) is 4.94. The van der Waals surface area contributed by atoms with Gasteiger partial charge in [-0.2, -0.15) is 4.31 Å². The van der Waals surface area contributed by atoms with Crippen molar-refractivity contribution in [1.29, 1.82) is 0 Å². The molecule has 8 heteroatoms. The van der Waals surface area contributed by atoms with Crippen molar-refractivity contribution in [1.82, 2.24) is 4.31 Å². The maximum atomic E-state index is 12.6. The predicted molar refractivity (Wildman–Crippen MR) is 81.0 cm³/mol. The lowest BCUT2D eigenvalue weighted by atomic mass is 10.0. The lowest BCUT2D eigenvalue weighted by Gasteiger charge is -2.34. The number of carbonyl (C=O) groups excluding carboxylic acids is 1. The fraction of sp³-hybridized carbons (Fsp3) is 0.462. The van der Waals surface area contributed by atoms with Crippen molar-refractivity contribution in [2.75, 3.05) is 6.54 Å². The smallest absolute Gasteiger partial charge is 0.211 e. The molecule has 0 aromatic heterocycles. The number of aliphatic imine (C=N–C) groups is 1. The van der Waals surface area contributed by atoms with E-state index in [1.807, 2.05) is 0 Å².